The maximum atomic E-state index is 4.51. The van der Waals surface area contributed by atoms with E-state index in [0.717, 1.165) is 108 Å². The van der Waals surface area contributed by atoms with Crippen molar-refractivity contribution in [1.82, 2.24) is 78.2 Å². The predicted molar refractivity (Wildman–Crippen MR) is 555 cm³/mol. The number of aromatic nitrogens is 16. The van der Waals surface area contributed by atoms with Crippen molar-refractivity contribution in [2.75, 3.05) is 0 Å². The topological polar surface area (TPSA) is 143 Å². The average molecular weight is 2200 g/mol. The predicted octanol–water partition coefficient (Wildman–Crippen LogP) is 27.5. The summed E-state index contributed by atoms with van der Waals surface area (Å²) in [7, 11) is 0. The Hall–Kier alpha value is -15.5. The van der Waals surface area contributed by atoms with Gasteiger partial charge >= 0.3 is 77.9 Å². The Morgan fingerprint density at radius 2 is 0.345 bits per heavy atom. The first-order valence-electron chi connectivity index (χ1n) is 45.3. The van der Waals surface area contributed by atoms with Gasteiger partial charge < -0.3 is 0 Å². The number of benzene rings is 15. The second-order valence-electron chi connectivity index (χ2n) is 32.2. The van der Waals surface area contributed by atoms with Crippen molar-refractivity contribution in [2.45, 2.75) is 55.4 Å². The Labute approximate surface area is 883 Å². The van der Waals surface area contributed by atoms with E-state index in [-0.39, 0.29) is 77.9 Å². The summed E-state index contributed by atoms with van der Waals surface area (Å²) in [4.78, 5) is 0. The van der Waals surface area contributed by atoms with Crippen LogP contribution in [0.4, 0.5) is 0 Å². The number of aryl methyl sites for hydroxylation is 8. The van der Waals surface area contributed by atoms with Crippen LogP contribution in [0.25, 0.3) is 123 Å². The van der Waals surface area contributed by atoms with E-state index >= 15 is 0 Å². The largest absolute Gasteiger partial charge is 2.00 e. The molecular formula is C122H100N16Rh4. The number of para-hydroxylation sites is 4. The van der Waals surface area contributed by atoms with E-state index in [1.807, 2.05) is 289 Å². The standard InChI is InChI=1S/C23H19N2.2C21H15N2.C17H15N2.2C11H11N2.2C9H7N2.4Rh/c1-17-16-18(2)25(24-17)23-14-12-22(13-15-23)21-10-8-20(9-11-21)19-6-4-3-5-7-19;2*1-2-5-17(6-3-1)18-7-9-19(10-8-18)20-11-13-21(14-12-20)23-16-4-15-22-23;1-13-12-14(2)19(18-13)17-10-8-16(9-11-17)15-6-4-3-5-7-15;2*1-9-8-10(2)13(12-9)11-6-4-3-5-7-11;2*1-2-5-9(6-3-1)11-8-4-7-10-11;;;;/h3-14,16H,1-2H3;2*1-13,15-16H;3-10,12H,1-2H3;2*3-6,8H,1-2H3;2*1-5,7-8H;;;;/q8*-1;4*+2. The average Bonchev–Trinajstić information content (AvgIpc) is 1.75. The van der Waals surface area contributed by atoms with Crippen LogP contribution in [0.5, 0.6) is 0 Å². The molecule has 0 saturated carbocycles. The molecule has 0 amide bonds. The van der Waals surface area contributed by atoms with Gasteiger partial charge in [-0.05, 0) is 183 Å². The maximum Gasteiger partial charge on any atom is 2.00 e. The molecular weight excluding hydrogens is 2100 g/mol. The van der Waals surface area contributed by atoms with Crippen LogP contribution in [0, 0.1) is 104 Å². The smallest absolute Gasteiger partial charge is 0.266 e. The molecule has 0 aliphatic carbocycles. The van der Waals surface area contributed by atoms with Gasteiger partial charge in [0.1, 0.15) is 0 Å². The summed E-state index contributed by atoms with van der Waals surface area (Å²) in [6.07, 6.45) is 14.7. The van der Waals surface area contributed by atoms with Gasteiger partial charge in [-0.2, -0.15) is 211 Å². The quantitative estimate of drug-likeness (QED) is 0.0729. The van der Waals surface area contributed by atoms with Crippen LogP contribution < -0.4 is 0 Å². The SMILES string of the molecule is Cc1cc(C)n(-c2[c-]cc(-c3ccc(-c4ccccc4)cc3)cc2)n1.Cc1cc(C)n(-c2[c-]cc(-c3ccccc3)cc2)n1.Cc1cc(C)n(-c2[c-]cccc2)n1.Cc1cc(C)n(-c2[c-]cccc2)n1.[Rh+2].[Rh+2].[Rh+2].[Rh+2].[c-]1cc(-c2ccc(-c3ccccc3)cc2)ccc1-n1cccn1.[c-]1cc(-c2ccc(-c3ccccc3)cc2)ccc1-n1cccn1.[c-]1ccccc1-n1cccn1.[c-]1ccccc1-n1cccn1. The summed E-state index contributed by atoms with van der Waals surface area (Å²) in [6.45, 7) is 16.2. The Bertz CT molecular complexity index is 7200. The third kappa shape index (κ3) is 29.3. The molecule has 23 aromatic rings. The summed E-state index contributed by atoms with van der Waals surface area (Å²) < 4.78 is 14.8. The molecule has 142 heavy (non-hydrogen) atoms. The zero-order valence-corrected chi connectivity index (χ0v) is 85.9. The van der Waals surface area contributed by atoms with Gasteiger partial charge in [0, 0.05) is 72.4 Å². The molecule has 0 fully saturated rings. The van der Waals surface area contributed by atoms with Crippen molar-refractivity contribution in [3.63, 3.8) is 0 Å². The Balaban J connectivity index is 0.000000147. The van der Waals surface area contributed by atoms with Crippen LogP contribution in [0.3, 0.4) is 0 Å². The van der Waals surface area contributed by atoms with Crippen molar-refractivity contribution < 1.29 is 77.9 Å². The van der Waals surface area contributed by atoms with Crippen LogP contribution in [0.2, 0.25) is 0 Å². The first-order chi connectivity index (χ1) is 67.7. The molecule has 0 spiro atoms. The molecule has 0 saturated heterocycles. The normalized spacial score (nSPS) is 10.2. The van der Waals surface area contributed by atoms with Gasteiger partial charge in [0.25, 0.3) is 0 Å². The minimum atomic E-state index is 0. The van der Waals surface area contributed by atoms with Crippen LogP contribution >= 0.6 is 0 Å². The van der Waals surface area contributed by atoms with E-state index in [2.05, 4.69) is 322 Å². The van der Waals surface area contributed by atoms with Gasteiger partial charge in [0.2, 0.25) is 0 Å². The molecule has 4 radical (unpaired) electrons. The maximum absolute atomic E-state index is 4.51. The fourth-order valence-electron chi connectivity index (χ4n) is 15.2. The van der Waals surface area contributed by atoms with Crippen LogP contribution in [-0.4, -0.2) is 78.2 Å². The monoisotopic (exact) mass is 2200 g/mol. The zero-order chi connectivity index (χ0) is 95.0. The third-order valence-electron chi connectivity index (χ3n) is 22.0. The summed E-state index contributed by atoms with van der Waals surface area (Å²) in [5.74, 6) is 0. The third-order valence-corrected chi connectivity index (χ3v) is 22.0. The molecule has 8 aromatic heterocycles. The van der Waals surface area contributed by atoms with Crippen molar-refractivity contribution in [3.05, 3.63) is 556 Å². The minimum absolute atomic E-state index is 0. The summed E-state index contributed by atoms with van der Waals surface area (Å²) in [5.41, 5.74) is 33.2. The van der Waals surface area contributed by atoms with Crippen LogP contribution in [0.15, 0.2) is 462 Å². The number of nitrogens with zero attached hydrogens (tertiary/aromatic N) is 16. The summed E-state index contributed by atoms with van der Waals surface area (Å²) >= 11 is 0. The fraction of sp³-hybridized carbons (Fsp3) is 0.0656. The van der Waals surface area contributed by atoms with Crippen LogP contribution in [0.1, 0.15) is 45.6 Å². The van der Waals surface area contributed by atoms with Gasteiger partial charge in [0.15, 0.2) is 0 Å². The van der Waals surface area contributed by atoms with Gasteiger partial charge in [-0.25, -0.2) is 0 Å². The first kappa shape index (κ1) is 105. The molecule has 0 aliphatic heterocycles. The number of hydrogen-bond acceptors (Lipinski definition) is 8. The van der Waals surface area contributed by atoms with E-state index in [0.29, 0.717) is 0 Å². The van der Waals surface area contributed by atoms with E-state index in [1.54, 1.807) is 34.2 Å². The van der Waals surface area contributed by atoms with E-state index in [9.17, 15) is 0 Å². The Morgan fingerprint density at radius 3 is 0.528 bits per heavy atom. The minimum Gasteiger partial charge on any atom is -0.266 e. The van der Waals surface area contributed by atoms with Crippen molar-refractivity contribution >= 4 is 0 Å². The molecule has 0 atom stereocenters. The Morgan fingerprint density at radius 1 is 0.169 bits per heavy atom. The summed E-state index contributed by atoms with van der Waals surface area (Å²) in [5, 5.41) is 34.3. The van der Waals surface area contributed by atoms with Gasteiger partial charge in [0.05, 0.1) is 22.8 Å². The molecule has 0 N–H and O–H groups in total. The second kappa shape index (κ2) is 53.6. The van der Waals surface area contributed by atoms with E-state index in [4.69, 9.17) is 0 Å². The van der Waals surface area contributed by atoms with Crippen molar-refractivity contribution in [1.29, 1.82) is 0 Å². The molecule has 20 heteroatoms. The molecule has 23 rings (SSSR count). The molecule has 0 unspecified atom stereocenters. The fourth-order valence-corrected chi connectivity index (χ4v) is 15.2. The number of rotatable bonds is 15. The zero-order valence-electron chi connectivity index (χ0n) is 79.4. The molecule has 16 nitrogen and oxygen atoms in total. The van der Waals surface area contributed by atoms with E-state index in [1.165, 1.54) is 61.2 Å². The van der Waals surface area contributed by atoms with E-state index < -0.39 is 0 Å². The van der Waals surface area contributed by atoms with Crippen molar-refractivity contribution in [2.24, 2.45) is 0 Å². The second-order valence-corrected chi connectivity index (χ2v) is 32.2. The number of hydrogen-bond donors (Lipinski definition) is 0. The van der Waals surface area contributed by atoms with Gasteiger partial charge in [-0.1, -0.05) is 216 Å². The Kier molecular flexibility index (Phi) is 39.8. The molecule has 8 heterocycles. The van der Waals surface area contributed by atoms with Crippen LogP contribution in [-0.2, 0) is 77.9 Å². The summed E-state index contributed by atoms with van der Waals surface area (Å²) in [6, 6.07) is 165. The molecule has 704 valence electrons. The van der Waals surface area contributed by atoms with Gasteiger partial charge in [-0.15, -0.1) is 70.8 Å². The van der Waals surface area contributed by atoms with Gasteiger partial charge in [-0.3, -0.25) is 37.5 Å². The molecule has 0 aliphatic rings. The molecule has 0 bridgehead atoms. The molecule has 15 aromatic carbocycles. The first-order valence-corrected chi connectivity index (χ1v) is 45.3. The van der Waals surface area contributed by atoms with Crippen molar-refractivity contribution in [3.8, 4) is 123 Å².